The average molecular weight is 357 g/mol. The van der Waals surface area contributed by atoms with Crippen molar-refractivity contribution in [2.75, 3.05) is 29.4 Å². The minimum absolute atomic E-state index is 0.000408. The maximum Gasteiger partial charge on any atom is 0.323 e. The third-order valence-corrected chi connectivity index (χ3v) is 3.45. The molecule has 0 heterocycles. The van der Waals surface area contributed by atoms with Gasteiger partial charge in [-0.25, -0.2) is 8.42 Å². The molecule has 3 N–H and O–H groups in total. The molecule has 0 saturated heterocycles. The summed E-state index contributed by atoms with van der Waals surface area (Å²) in [5.41, 5.74) is 0.228. The van der Waals surface area contributed by atoms with E-state index in [-0.39, 0.29) is 29.4 Å². The zero-order valence-corrected chi connectivity index (χ0v) is 14.3. The van der Waals surface area contributed by atoms with Gasteiger partial charge >= 0.3 is 5.97 Å². The van der Waals surface area contributed by atoms with Crippen molar-refractivity contribution in [3.63, 3.8) is 0 Å². The number of anilines is 2. The number of nitrogens with one attached hydrogen (secondary N) is 2. The summed E-state index contributed by atoms with van der Waals surface area (Å²) in [6.07, 6.45) is 0.928. The van der Waals surface area contributed by atoms with Gasteiger partial charge in [-0.1, -0.05) is 0 Å². The molecule has 0 aliphatic rings. The van der Waals surface area contributed by atoms with E-state index in [4.69, 9.17) is 5.11 Å². The Bertz CT molecular complexity index is 760. The lowest BCUT2D eigenvalue weighted by Crippen LogP contribution is -2.36. The Morgan fingerprint density at radius 1 is 1.25 bits per heavy atom. The van der Waals surface area contributed by atoms with E-state index in [1.54, 1.807) is 6.92 Å². The Balaban J connectivity index is 3.34. The second kappa shape index (κ2) is 7.77. The smallest absolute Gasteiger partial charge is 0.323 e. The summed E-state index contributed by atoms with van der Waals surface area (Å²) in [4.78, 5) is 35.6. The van der Waals surface area contributed by atoms with Crippen LogP contribution in [-0.4, -0.2) is 55.6 Å². The maximum atomic E-state index is 12.6. The molecule has 0 atom stereocenters. The highest BCUT2D eigenvalue weighted by Gasteiger charge is 2.22. The minimum atomic E-state index is -3.65. The predicted octanol–water partition coefficient (Wildman–Crippen LogP) is 0.563. The summed E-state index contributed by atoms with van der Waals surface area (Å²) in [6.45, 7) is 2.47. The van der Waals surface area contributed by atoms with Crippen molar-refractivity contribution >= 4 is 39.2 Å². The summed E-state index contributed by atoms with van der Waals surface area (Å²) >= 11 is 0. The number of benzene rings is 1. The van der Waals surface area contributed by atoms with Gasteiger partial charge in [0, 0.05) is 19.2 Å². The van der Waals surface area contributed by atoms with Crippen LogP contribution in [-0.2, 0) is 19.6 Å². The number of rotatable bonds is 7. The molecular weight excluding hydrogens is 338 g/mol. The van der Waals surface area contributed by atoms with Gasteiger partial charge in [0.05, 0.1) is 17.5 Å². The fraction of sp³-hybridized carbons (Fsp3) is 0.357. The first kappa shape index (κ1) is 19.4. The SMILES string of the molecule is CCN(CC(=O)O)C(=O)c1cc(NC(C)=O)ccc1NS(C)(=O)=O. The van der Waals surface area contributed by atoms with E-state index in [1.165, 1.54) is 25.1 Å². The number of likely N-dealkylation sites (N-methyl/N-ethyl adjacent to an activating group) is 1. The van der Waals surface area contributed by atoms with E-state index in [1.807, 2.05) is 0 Å². The number of sulfonamides is 1. The van der Waals surface area contributed by atoms with Gasteiger partial charge < -0.3 is 15.3 Å². The third-order valence-electron chi connectivity index (χ3n) is 2.86. The number of carbonyl (C=O) groups is 3. The van der Waals surface area contributed by atoms with Gasteiger partial charge in [-0.15, -0.1) is 0 Å². The topological polar surface area (TPSA) is 133 Å². The first-order valence-corrected chi connectivity index (χ1v) is 8.83. The Hall–Kier alpha value is -2.62. The van der Waals surface area contributed by atoms with Gasteiger partial charge in [-0.3, -0.25) is 19.1 Å². The van der Waals surface area contributed by atoms with Crippen LogP contribution in [0.1, 0.15) is 24.2 Å². The highest BCUT2D eigenvalue weighted by atomic mass is 32.2. The van der Waals surface area contributed by atoms with Crippen molar-refractivity contribution in [1.82, 2.24) is 4.90 Å². The van der Waals surface area contributed by atoms with Crippen molar-refractivity contribution in [1.29, 1.82) is 0 Å². The van der Waals surface area contributed by atoms with Gasteiger partial charge in [0.25, 0.3) is 5.91 Å². The Morgan fingerprint density at radius 2 is 1.88 bits per heavy atom. The molecule has 0 aliphatic carbocycles. The largest absolute Gasteiger partial charge is 0.480 e. The lowest BCUT2D eigenvalue weighted by molar-refractivity contribution is -0.137. The van der Waals surface area contributed by atoms with Crippen molar-refractivity contribution in [2.45, 2.75) is 13.8 Å². The molecule has 0 spiro atoms. The van der Waals surface area contributed by atoms with Crippen LogP contribution in [0.4, 0.5) is 11.4 Å². The van der Waals surface area contributed by atoms with Gasteiger partial charge in [0.2, 0.25) is 15.9 Å². The Labute approximate surface area is 139 Å². The van der Waals surface area contributed by atoms with Crippen LogP contribution in [0.3, 0.4) is 0 Å². The molecule has 0 bridgehead atoms. The second-order valence-corrected chi connectivity index (χ2v) is 6.78. The number of hydrogen-bond acceptors (Lipinski definition) is 5. The fourth-order valence-electron chi connectivity index (χ4n) is 1.95. The molecule has 1 aromatic carbocycles. The number of hydrogen-bond donors (Lipinski definition) is 3. The van der Waals surface area contributed by atoms with E-state index in [0.29, 0.717) is 0 Å². The van der Waals surface area contributed by atoms with E-state index < -0.39 is 28.4 Å². The van der Waals surface area contributed by atoms with Crippen molar-refractivity contribution < 1.29 is 27.9 Å². The third kappa shape index (κ3) is 5.88. The molecule has 10 heteroatoms. The number of carboxylic acid groups (broad SMARTS) is 1. The molecule has 0 aliphatic heterocycles. The number of aliphatic carboxylic acids is 1. The van der Waals surface area contributed by atoms with Crippen LogP contribution in [0.15, 0.2) is 18.2 Å². The molecule has 1 aromatic rings. The number of carbonyl (C=O) groups excluding carboxylic acids is 2. The average Bonchev–Trinajstić information content (AvgIpc) is 2.43. The lowest BCUT2D eigenvalue weighted by atomic mass is 10.1. The monoisotopic (exact) mass is 357 g/mol. The van der Waals surface area contributed by atoms with E-state index in [9.17, 15) is 22.8 Å². The molecule has 0 radical (unpaired) electrons. The van der Waals surface area contributed by atoms with E-state index in [2.05, 4.69) is 10.0 Å². The van der Waals surface area contributed by atoms with E-state index in [0.717, 1.165) is 11.2 Å². The molecule has 1 rings (SSSR count). The maximum absolute atomic E-state index is 12.6. The molecule has 0 unspecified atom stereocenters. The molecule has 132 valence electrons. The summed E-state index contributed by atoms with van der Waals surface area (Å²) < 4.78 is 25.1. The van der Waals surface area contributed by atoms with Gasteiger partial charge in [0.15, 0.2) is 0 Å². The lowest BCUT2D eigenvalue weighted by Gasteiger charge is -2.21. The van der Waals surface area contributed by atoms with Gasteiger partial charge in [0.1, 0.15) is 6.54 Å². The normalized spacial score (nSPS) is 10.8. The molecule has 24 heavy (non-hydrogen) atoms. The van der Waals surface area contributed by atoms with Crippen LogP contribution in [0.25, 0.3) is 0 Å². The Morgan fingerprint density at radius 3 is 2.33 bits per heavy atom. The van der Waals surface area contributed by atoms with E-state index >= 15 is 0 Å². The number of carboxylic acids is 1. The highest BCUT2D eigenvalue weighted by molar-refractivity contribution is 7.92. The predicted molar refractivity (Wildman–Crippen MR) is 88.4 cm³/mol. The minimum Gasteiger partial charge on any atom is -0.480 e. The standard InChI is InChI=1S/C14H19N3O6S/c1-4-17(8-13(19)20)14(21)11-7-10(15-9(2)18)5-6-12(11)16-24(3,22)23/h5-7,16H,4,8H2,1-3H3,(H,15,18)(H,19,20). The quantitative estimate of drug-likeness (QED) is 0.653. The van der Waals surface area contributed by atoms with Crippen molar-refractivity contribution in [2.24, 2.45) is 0 Å². The summed E-state index contributed by atoms with van der Waals surface area (Å²) in [7, 11) is -3.65. The van der Waals surface area contributed by atoms with Crippen LogP contribution in [0.2, 0.25) is 0 Å². The summed E-state index contributed by atoms with van der Waals surface area (Å²) in [5, 5.41) is 11.4. The van der Waals surface area contributed by atoms with Gasteiger partial charge in [-0.2, -0.15) is 0 Å². The first-order chi connectivity index (χ1) is 11.0. The number of nitrogens with zero attached hydrogens (tertiary/aromatic N) is 1. The van der Waals surface area contributed by atoms with Crippen LogP contribution in [0.5, 0.6) is 0 Å². The summed E-state index contributed by atoms with van der Waals surface area (Å²) in [6, 6.07) is 4.05. The molecule has 9 nitrogen and oxygen atoms in total. The Kier molecular flexibility index (Phi) is 6.29. The van der Waals surface area contributed by atoms with Crippen molar-refractivity contribution in [3.8, 4) is 0 Å². The highest BCUT2D eigenvalue weighted by Crippen LogP contribution is 2.23. The molecule has 0 aromatic heterocycles. The molecular formula is C14H19N3O6S. The molecule has 2 amide bonds. The molecule has 0 fully saturated rings. The van der Waals surface area contributed by atoms with Crippen LogP contribution in [0, 0.1) is 0 Å². The molecule has 0 saturated carbocycles. The zero-order chi connectivity index (χ0) is 18.5. The summed E-state index contributed by atoms with van der Waals surface area (Å²) in [5.74, 6) is -2.23. The fourth-order valence-corrected chi connectivity index (χ4v) is 2.53. The zero-order valence-electron chi connectivity index (χ0n) is 13.5. The first-order valence-electron chi connectivity index (χ1n) is 6.94. The van der Waals surface area contributed by atoms with Crippen LogP contribution < -0.4 is 10.0 Å². The number of amides is 2. The van der Waals surface area contributed by atoms with Gasteiger partial charge in [-0.05, 0) is 25.1 Å². The van der Waals surface area contributed by atoms with Crippen LogP contribution >= 0.6 is 0 Å². The van der Waals surface area contributed by atoms with Crippen molar-refractivity contribution in [3.05, 3.63) is 23.8 Å². The second-order valence-electron chi connectivity index (χ2n) is 5.03.